The molecule has 1 aromatic carbocycles. The first-order valence-electron chi connectivity index (χ1n) is 6.87. The van der Waals surface area contributed by atoms with Gasteiger partial charge in [0.2, 0.25) is 0 Å². The number of rotatable bonds is 6. The van der Waals surface area contributed by atoms with Gasteiger partial charge in [0.15, 0.2) is 0 Å². The van der Waals surface area contributed by atoms with Crippen molar-refractivity contribution in [2.75, 3.05) is 6.61 Å². The van der Waals surface area contributed by atoms with Gasteiger partial charge in [-0.05, 0) is 30.5 Å². The van der Waals surface area contributed by atoms with Crippen LogP contribution < -0.4 is 5.73 Å². The van der Waals surface area contributed by atoms with E-state index < -0.39 is 6.04 Å². The molecule has 1 atom stereocenters. The zero-order chi connectivity index (χ0) is 15.8. The predicted molar refractivity (Wildman–Crippen MR) is 90.1 cm³/mol. The van der Waals surface area contributed by atoms with E-state index in [2.05, 4.69) is 20.9 Å². The maximum absolute atomic E-state index is 11.9. The van der Waals surface area contributed by atoms with E-state index in [-0.39, 0.29) is 11.9 Å². The Labute approximate surface area is 134 Å². The van der Waals surface area contributed by atoms with Gasteiger partial charge in [0.25, 0.3) is 0 Å². The van der Waals surface area contributed by atoms with Gasteiger partial charge in [-0.2, -0.15) is 0 Å². The van der Waals surface area contributed by atoms with Crippen LogP contribution in [0.25, 0.3) is 5.57 Å². The first-order valence-corrected chi connectivity index (χ1v) is 7.66. The summed E-state index contributed by atoms with van der Waals surface area (Å²) in [4.78, 5) is 16.2. The molecule has 4 nitrogen and oxygen atoms in total. The third-order valence-corrected chi connectivity index (χ3v) is 3.42. The highest BCUT2D eigenvalue weighted by Gasteiger charge is 2.21. The largest absolute Gasteiger partial charge is 0.464 e. The molecule has 0 amide bonds. The Hall–Kier alpha value is -1.62. The molecule has 0 fully saturated rings. The molecule has 0 aromatic heterocycles. The van der Waals surface area contributed by atoms with Crippen LogP contribution in [0, 0.1) is 5.92 Å². The van der Waals surface area contributed by atoms with Gasteiger partial charge in [0.1, 0.15) is 6.04 Å². The van der Waals surface area contributed by atoms with Crippen molar-refractivity contribution in [3.8, 4) is 0 Å². The summed E-state index contributed by atoms with van der Waals surface area (Å²) in [6, 6.07) is 7.21. The van der Waals surface area contributed by atoms with Gasteiger partial charge in [-0.1, -0.05) is 41.9 Å². The Bertz CT molecular complexity index is 522. The van der Waals surface area contributed by atoms with E-state index in [1.54, 1.807) is 13.1 Å². The number of hydrogen-bond donors (Lipinski definition) is 1. The third kappa shape index (κ3) is 5.34. The monoisotopic (exact) mass is 352 g/mol. The molecule has 0 spiro atoms. The number of aliphatic imine (C=N–C) groups is 1. The maximum Gasteiger partial charge on any atom is 0.331 e. The van der Waals surface area contributed by atoms with E-state index in [4.69, 9.17) is 10.5 Å². The molecule has 0 radical (unpaired) electrons. The van der Waals surface area contributed by atoms with Gasteiger partial charge < -0.3 is 10.5 Å². The Morgan fingerprint density at radius 1 is 1.38 bits per heavy atom. The summed E-state index contributed by atoms with van der Waals surface area (Å²) in [6.45, 7) is 6.00. The van der Waals surface area contributed by atoms with Gasteiger partial charge in [-0.3, -0.25) is 4.99 Å². The number of halogens is 1. The number of carbonyl (C=O) groups is 1. The van der Waals surface area contributed by atoms with Crippen LogP contribution in [0.3, 0.4) is 0 Å². The molecule has 0 saturated heterocycles. The number of allylic oxidation sites excluding steroid dienone is 1. The highest BCUT2D eigenvalue weighted by atomic mass is 79.9. The second-order valence-electron chi connectivity index (χ2n) is 4.85. The van der Waals surface area contributed by atoms with Crippen LogP contribution in [0.1, 0.15) is 26.3 Å². The average molecular weight is 353 g/mol. The lowest BCUT2D eigenvalue weighted by molar-refractivity contribution is -0.145. The molecule has 0 saturated carbocycles. The zero-order valence-corrected chi connectivity index (χ0v) is 14.1. The molecule has 0 aliphatic rings. The molecular weight excluding hydrogens is 332 g/mol. The van der Waals surface area contributed by atoms with Crippen LogP contribution in [-0.2, 0) is 9.53 Å². The molecule has 1 unspecified atom stereocenters. The number of benzene rings is 1. The second-order valence-corrected chi connectivity index (χ2v) is 5.76. The van der Waals surface area contributed by atoms with Gasteiger partial charge in [0, 0.05) is 22.5 Å². The number of nitrogens with two attached hydrogens (primary N) is 1. The minimum atomic E-state index is -0.518. The number of carbonyl (C=O) groups excluding carboxylic acids is 1. The van der Waals surface area contributed by atoms with Crippen LogP contribution >= 0.6 is 15.9 Å². The first-order chi connectivity index (χ1) is 9.99. The molecule has 1 aromatic rings. The molecule has 21 heavy (non-hydrogen) atoms. The van der Waals surface area contributed by atoms with Crippen molar-refractivity contribution >= 4 is 33.7 Å². The molecule has 1 rings (SSSR count). The average Bonchev–Trinajstić information content (AvgIpc) is 2.44. The van der Waals surface area contributed by atoms with Crippen molar-refractivity contribution in [3.05, 3.63) is 40.5 Å². The molecular formula is C16H21BrN2O2. The minimum Gasteiger partial charge on any atom is -0.464 e. The highest BCUT2D eigenvalue weighted by molar-refractivity contribution is 9.10. The summed E-state index contributed by atoms with van der Waals surface area (Å²) in [5.41, 5.74) is 7.36. The summed E-state index contributed by atoms with van der Waals surface area (Å²) >= 11 is 3.39. The summed E-state index contributed by atoms with van der Waals surface area (Å²) in [5.74, 6) is -0.250. The van der Waals surface area contributed by atoms with Crippen LogP contribution in [-0.4, -0.2) is 24.8 Å². The van der Waals surface area contributed by atoms with Crippen molar-refractivity contribution in [3.63, 3.8) is 0 Å². The first kappa shape index (κ1) is 17.4. The minimum absolute atomic E-state index is 0.0595. The molecule has 0 aliphatic heterocycles. The van der Waals surface area contributed by atoms with E-state index >= 15 is 0 Å². The summed E-state index contributed by atoms with van der Waals surface area (Å²) < 4.78 is 6.03. The second kappa shape index (κ2) is 8.62. The van der Waals surface area contributed by atoms with Gasteiger partial charge >= 0.3 is 5.97 Å². The lowest BCUT2D eigenvalue weighted by Crippen LogP contribution is -2.27. The normalized spacial score (nSPS) is 13.7. The van der Waals surface area contributed by atoms with E-state index in [0.29, 0.717) is 6.61 Å². The lowest BCUT2D eigenvalue weighted by Gasteiger charge is -2.14. The Morgan fingerprint density at radius 2 is 2.00 bits per heavy atom. The molecule has 0 heterocycles. The van der Waals surface area contributed by atoms with Gasteiger partial charge in [-0.25, -0.2) is 4.79 Å². The maximum atomic E-state index is 11.9. The van der Waals surface area contributed by atoms with Crippen molar-refractivity contribution in [1.82, 2.24) is 0 Å². The fourth-order valence-electron chi connectivity index (χ4n) is 1.75. The molecule has 2 N–H and O–H groups in total. The van der Waals surface area contributed by atoms with E-state index in [1.807, 2.05) is 38.1 Å². The quantitative estimate of drug-likeness (QED) is 0.630. The zero-order valence-electron chi connectivity index (χ0n) is 12.5. The van der Waals surface area contributed by atoms with E-state index in [1.165, 1.54) is 6.20 Å². The molecule has 114 valence electrons. The number of nitrogens with zero attached hydrogens (tertiary/aromatic N) is 1. The van der Waals surface area contributed by atoms with Gasteiger partial charge in [0.05, 0.1) is 6.61 Å². The van der Waals surface area contributed by atoms with Crippen molar-refractivity contribution < 1.29 is 9.53 Å². The summed E-state index contributed by atoms with van der Waals surface area (Å²) in [5, 5.41) is 0. The molecule has 0 bridgehead atoms. The van der Waals surface area contributed by atoms with Crippen molar-refractivity contribution in [2.24, 2.45) is 16.6 Å². The van der Waals surface area contributed by atoms with Crippen molar-refractivity contribution in [2.45, 2.75) is 26.8 Å². The third-order valence-electron chi connectivity index (χ3n) is 2.89. The SMILES string of the molecule is CCOC(=O)C(N=CC(=CN)c1ccc(Br)cc1)C(C)C. The van der Waals surface area contributed by atoms with Crippen LogP contribution in [0.2, 0.25) is 0 Å². The fourth-order valence-corrected chi connectivity index (χ4v) is 2.01. The smallest absolute Gasteiger partial charge is 0.331 e. The van der Waals surface area contributed by atoms with Crippen molar-refractivity contribution in [1.29, 1.82) is 0 Å². The van der Waals surface area contributed by atoms with Crippen LogP contribution in [0.4, 0.5) is 0 Å². The standard InChI is InChI=1S/C16H21BrN2O2/c1-4-21-16(20)15(11(2)3)19-10-13(9-18)12-5-7-14(17)8-6-12/h5-11,15H,4,18H2,1-3H3. The van der Waals surface area contributed by atoms with E-state index in [9.17, 15) is 4.79 Å². The summed E-state index contributed by atoms with van der Waals surface area (Å²) in [7, 11) is 0. The van der Waals surface area contributed by atoms with E-state index in [0.717, 1.165) is 15.6 Å². The van der Waals surface area contributed by atoms with Crippen LogP contribution in [0.5, 0.6) is 0 Å². The Kier molecular flexibility index (Phi) is 7.15. The fraction of sp³-hybridized carbons (Fsp3) is 0.375. The number of ether oxygens (including phenoxy) is 1. The van der Waals surface area contributed by atoms with Crippen LogP contribution in [0.15, 0.2) is 39.9 Å². The Balaban J connectivity index is 2.92. The summed E-state index contributed by atoms with van der Waals surface area (Å²) in [6.07, 6.45) is 3.11. The molecule has 0 aliphatic carbocycles. The Morgan fingerprint density at radius 3 is 2.48 bits per heavy atom. The number of hydrogen-bond acceptors (Lipinski definition) is 4. The predicted octanol–water partition coefficient (Wildman–Crippen LogP) is 3.41. The lowest BCUT2D eigenvalue weighted by atomic mass is 10.0. The van der Waals surface area contributed by atoms with Gasteiger partial charge in [-0.15, -0.1) is 0 Å². The number of esters is 1. The topological polar surface area (TPSA) is 64.7 Å². The molecule has 5 heteroatoms. The highest BCUT2D eigenvalue weighted by Crippen LogP contribution is 2.17.